The summed E-state index contributed by atoms with van der Waals surface area (Å²) >= 11 is 0. The molecule has 37 heavy (non-hydrogen) atoms. The summed E-state index contributed by atoms with van der Waals surface area (Å²) in [5.41, 5.74) is 3.92. The Kier molecular flexibility index (Phi) is 7.11. The molecule has 5 rings (SSSR count). The van der Waals surface area contributed by atoms with Crippen molar-refractivity contribution in [2.24, 2.45) is 0 Å². The molecule has 9 nitrogen and oxygen atoms in total. The van der Waals surface area contributed by atoms with Crippen LogP contribution >= 0.6 is 0 Å². The first-order valence-electron chi connectivity index (χ1n) is 11.9. The van der Waals surface area contributed by atoms with Crippen molar-refractivity contribution in [1.82, 2.24) is 14.7 Å². The number of carbonyl (C=O) groups is 1. The van der Waals surface area contributed by atoms with Crippen LogP contribution in [0.3, 0.4) is 0 Å². The summed E-state index contributed by atoms with van der Waals surface area (Å²) < 4.78 is 27.8. The second kappa shape index (κ2) is 10.8. The molecule has 1 aliphatic heterocycles. The topological polar surface area (TPSA) is 125 Å². The molecular formula is C27H26N6O3S. The van der Waals surface area contributed by atoms with Crippen molar-refractivity contribution in [3.8, 4) is 11.1 Å². The van der Waals surface area contributed by atoms with Gasteiger partial charge >= 0.3 is 0 Å². The van der Waals surface area contributed by atoms with Crippen molar-refractivity contribution in [1.29, 1.82) is 0 Å². The third kappa shape index (κ3) is 6.11. The zero-order chi connectivity index (χ0) is 25.7. The van der Waals surface area contributed by atoms with Crippen LogP contribution in [0.25, 0.3) is 11.1 Å². The molecule has 1 aromatic heterocycles. The van der Waals surface area contributed by atoms with Gasteiger partial charge in [0.25, 0.3) is 0 Å². The van der Waals surface area contributed by atoms with Gasteiger partial charge in [-0.1, -0.05) is 48.5 Å². The smallest absolute Gasteiger partial charge is 0.240 e. The van der Waals surface area contributed by atoms with Gasteiger partial charge in [-0.3, -0.25) is 4.79 Å². The predicted molar refractivity (Wildman–Crippen MR) is 144 cm³/mol. The van der Waals surface area contributed by atoms with Gasteiger partial charge in [0, 0.05) is 36.2 Å². The van der Waals surface area contributed by atoms with E-state index in [2.05, 4.69) is 30.6 Å². The maximum Gasteiger partial charge on any atom is 0.240 e. The van der Waals surface area contributed by atoms with Gasteiger partial charge in [-0.15, -0.1) is 0 Å². The lowest BCUT2D eigenvalue weighted by Crippen LogP contribution is -2.26. The summed E-state index contributed by atoms with van der Waals surface area (Å²) in [4.78, 5) is 21.7. The van der Waals surface area contributed by atoms with E-state index in [4.69, 9.17) is 0 Å². The van der Waals surface area contributed by atoms with Crippen LogP contribution in [0.4, 0.5) is 23.1 Å². The lowest BCUT2D eigenvalue weighted by molar-refractivity contribution is -0.115. The summed E-state index contributed by atoms with van der Waals surface area (Å²) in [6, 6.07) is 23.6. The largest absolute Gasteiger partial charge is 0.369 e. The number of aromatic nitrogens is 2. The third-order valence-electron chi connectivity index (χ3n) is 5.81. The van der Waals surface area contributed by atoms with Crippen LogP contribution < -0.4 is 20.7 Å². The molecule has 10 heteroatoms. The lowest BCUT2D eigenvalue weighted by Gasteiger charge is -2.13. The van der Waals surface area contributed by atoms with Gasteiger partial charge in [0.15, 0.2) is 0 Å². The van der Waals surface area contributed by atoms with E-state index in [9.17, 15) is 13.2 Å². The van der Waals surface area contributed by atoms with Crippen LogP contribution in [-0.4, -0.2) is 37.4 Å². The highest BCUT2D eigenvalue weighted by Gasteiger charge is 2.16. The van der Waals surface area contributed by atoms with Gasteiger partial charge in [0.2, 0.25) is 21.9 Å². The number of rotatable bonds is 4. The molecule has 0 saturated heterocycles. The SMILES string of the molecule is O=C(Cc1ccc(-c2cnc3nc2NCCCNS(=O)(=O)c2cccc(c2)N3)cc1)Nc1ccccc1. The van der Waals surface area contributed by atoms with Crippen LogP contribution in [0.2, 0.25) is 0 Å². The maximum atomic E-state index is 12.6. The predicted octanol–water partition coefficient (Wildman–Crippen LogP) is 4.16. The zero-order valence-electron chi connectivity index (χ0n) is 19.9. The number of amides is 1. The van der Waals surface area contributed by atoms with Gasteiger partial charge in [-0.25, -0.2) is 18.1 Å². The number of fused-ring (bicyclic) bond motifs is 4. The molecule has 0 saturated carbocycles. The molecule has 1 aliphatic rings. The van der Waals surface area contributed by atoms with E-state index in [1.807, 2.05) is 54.6 Å². The number of sulfonamides is 1. The number of nitrogens with zero attached hydrogens (tertiary/aromatic N) is 2. The Labute approximate surface area is 215 Å². The van der Waals surface area contributed by atoms with Crippen LogP contribution in [0, 0.1) is 0 Å². The minimum absolute atomic E-state index is 0.0860. The molecule has 0 unspecified atom stereocenters. The number of carbonyl (C=O) groups excluding carboxylic acids is 1. The van der Waals surface area contributed by atoms with Gasteiger partial charge < -0.3 is 16.0 Å². The van der Waals surface area contributed by atoms with E-state index in [-0.39, 0.29) is 17.2 Å². The molecule has 0 aliphatic carbocycles. The summed E-state index contributed by atoms with van der Waals surface area (Å²) in [5, 5.41) is 9.29. The van der Waals surface area contributed by atoms with E-state index >= 15 is 0 Å². The van der Waals surface area contributed by atoms with Crippen molar-refractivity contribution in [3.05, 3.63) is 90.6 Å². The molecular weight excluding hydrogens is 488 g/mol. The molecule has 4 N–H and O–H groups in total. The zero-order valence-corrected chi connectivity index (χ0v) is 20.8. The summed E-state index contributed by atoms with van der Waals surface area (Å²) in [5.74, 6) is 0.893. The van der Waals surface area contributed by atoms with Gasteiger partial charge in [0.05, 0.1) is 11.3 Å². The van der Waals surface area contributed by atoms with E-state index in [1.165, 1.54) is 0 Å². The fourth-order valence-electron chi connectivity index (χ4n) is 3.96. The van der Waals surface area contributed by atoms with Crippen LogP contribution in [0.1, 0.15) is 12.0 Å². The normalized spacial score (nSPS) is 14.6. The van der Waals surface area contributed by atoms with Crippen LogP contribution in [-0.2, 0) is 21.2 Å². The fourth-order valence-corrected chi connectivity index (χ4v) is 5.08. The number of para-hydroxylation sites is 1. The Morgan fingerprint density at radius 3 is 2.57 bits per heavy atom. The van der Waals surface area contributed by atoms with Crippen LogP contribution in [0.15, 0.2) is 90.0 Å². The molecule has 2 heterocycles. The highest BCUT2D eigenvalue weighted by atomic mass is 32.2. The van der Waals surface area contributed by atoms with Crippen molar-refractivity contribution >= 4 is 39.1 Å². The van der Waals surface area contributed by atoms with E-state index in [0.29, 0.717) is 37.0 Å². The van der Waals surface area contributed by atoms with E-state index in [0.717, 1.165) is 22.4 Å². The standard InChI is InChI=1S/C27H26N6O3S/c34-25(31-21-6-2-1-3-7-21)16-19-10-12-20(13-11-19)24-18-29-27-32-22-8-4-9-23(17-22)37(35,36)30-15-5-14-28-26(24)33-27/h1-4,6-13,17-18,30H,5,14-16H2,(H,31,34)(H2,28,29,32,33). The number of anilines is 4. The minimum Gasteiger partial charge on any atom is -0.369 e. The van der Waals surface area contributed by atoms with E-state index < -0.39 is 10.0 Å². The quantitative estimate of drug-likeness (QED) is 0.322. The van der Waals surface area contributed by atoms with Crippen LogP contribution in [0.5, 0.6) is 0 Å². The van der Waals surface area contributed by atoms with Gasteiger partial charge in [-0.2, -0.15) is 4.98 Å². The summed E-state index contributed by atoms with van der Waals surface area (Å²) in [7, 11) is -3.60. The molecule has 1 amide bonds. The Balaban J connectivity index is 1.36. The molecule has 0 spiro atoms. The average molecular weight is 515 g/mol. The Morgan fingerprint density at radius 1 is 0.946 bits per heavy atom. The van der Waals surface area contributed by atoms with Crippen molar-refractivity contribution < 1.29 is 13.2 Å². The Morgan fingerprint density at radius 2 is 1.76 bits per heavy atom. The minimum atomic E-state index is -3.60. The van der Waals surface area contributed by atoms with Crippen molar-refractivity contribution in [3.63, 3.8) is 0 Å². The Hall–Kier alpha value is -4.28. The highest BCUT2D eigenvalue weighted by Crippen LogP contribution is 2.28. The third-order valence-corrected chi connectivity index (χ3v) is 7.27. The molecule has 188 valence electrons. The molecule has 3 aromatic carbocycles. The second-order valence-electron chi connectivity index (χ2n) is 8.57. The summed E-state index contributed by atoms with van der Waals surface area (Å²) in [6.07, 6.45) is 2.56. The number of hydrogen-bond acceptors (Lipinski definition) is 7. The fraction of sp³-hybridized carbons (Fsp3) is 0.148. The number of nitrogens with one attached hydrogen (secondary N) is 4. The first-order valence-corrected chi connectivity index (χ1v) is 13.4. The molecule has 4 aromatic rings. The molecule has 4 bridgehead atoms. The summed E-state index contributed by atoms with van der Waals surface area (Å²) in [6.45, 7) is 0.807. The number of hydrogen-bond donors (Lipinski definition) is 4. The first-order chi connectivity index (χ1) is 18.0. The first kappa shape index (κ1) is 24.4. The number of benzene rings is 3. The van der Waals surface area contributed by atoms with Gasteiger partial charge in [0.1, 0.15) is 5.82 Å². The molecule has 0 fully saturated rings. The lowest BCUT2D eigenvalue weighted by atomic mass is 10.0. The second-order valence-corrected chi connectivity index (χ2v) is 10.3. The maximum absolute atomic E-state index is 12.6. The van der Waals surface area contributed by atoms with Gasteiger partial charge in [-0.05, 0) is 47.9 Å². The van der Waals surface area contributed by atoms with Crippen molar-refractivity contribution in [2.75, 3.05) is 29.0 Å². The van der Waals surface area contributed by atoms with E-state index in [1.54, 1.807) is 30.5 Å². The molecule has 0 atom stereocenters. The highest BCUT2D eigenvalue weighted by molar-refractivity contribution is 7.89. The average Bonchev–Trinajstić information content (AvgIpc) is 2.90. The monoisotopic (exact) mass is 514 g/mol. The molecule has 0 radical (unpaired) electrons. The van der Waals surface area contributed by atoms with Crippen molar-refractivity contribution in [2.45, 2.75) is 17.7 Å². The Bertz CT molecular complexity index is 1510.